The molecule has 0 aromatic heterocycles. The molecule has 0 aliphatic heterocycles. The van der Waals surface area contributed by atoms with Crippen LogP contribution in [0.1, 0.15) is 31.9 Å². The Morgan fingerprint density at radius 1 is 0.455 bits per heavy atom. The van der Waals surface area contributed by atoms with Crippen molar-refractivity contribution < 1.29 is 0 Å². The van der Waals surface area contributed by atoms with Crippen molar-refractivity contribution in [2.75, 3.05) is 0 Å². The highest BCUT2D eigenvalue weighted by Gasteiger charge is 2.36. The van der Waals surface area contributed by atoms with Gasteiger partial charge >= 0.3 is 0 Å². The molecule has 0 fully saturated rings. The van der Waals surface area contributed by atoms with Crippen LogP contribution < -0.4 is 0 Å². The number of rotatable bonds is 3. The molecule has 44 heavy (non-hydrogen) atoms. The molecule has 0 nitrogen and oxygen atoms in total. The summed E-state index contributed by atoms with van der Waals surface area (Å²) in [5.41, 5.74) is 12.4. The first kappa shape index (κ1) is 26.4. The summed E-state index contributed by atoms with van der Waals surface area (Å²) < 4.78 is 0. The predicted octanol–water partition coefficient (Wildman–Crippen LogP) is 12.4. The van der Waals surface area contributed by atoms with Gasteiger partial charge in [0.25, 0.3) is 0 Å². The molecule has 0 amide bonds. The zero-order valence-corrected chi connectivity index (χ0v) is 25.5. The van der Waals surface area contributed by atoms with Crippen LogP contribution in [0.4, 0.5) is 0 Å². The van der Waals surface area contributed by atoms with Gasteiger partial charge in [0.1, 0.15) is 0 Å². The summed E-state index contributed by atoms with van der Waals surface area (Å²) in [7, 11) is 0. The molecule has 210 valence electrons. The second kappa shape index (κ2) is 9.93. The second-order valence-electron chi connectivity index (χ2n) is 12.6. The Labute approximate surface area is 259 Å². The normalized spacial score (nSPS) is 15.0. The summed E-state index contributed by atoms with van der Waals surface area (Å²) in [6.07, 6.45) is 2.22. The second-order valence-corrected chi connectivity index (χ2v) is 12.6. The molecule has 0 saturated heterocycles. The summed E-state index contributed by atoms with van der Waals surface area (Å²) in [5, 5.41) is 7.82. The minimum Gasteiger partial charge on any atom is -0.0909 e. The van der Waals surface area contributed by atoms with Crippen LogP contribution in [0.15, 0.2) is 152 Å². The van der Waals surface area contributed by atoms with Gasteiger partial charge in [0.15, 0.2) is 0 Å². The van der Waals surface area contributed by atoms with Crippen molar-refractivity contribution >= 4 is 37.9 Å². The molecule has 0 spiro atoms. The molecular formula is C44H34. The lowest BCUT2D eigenvalue weighted by Crippen LogP contribution is -2.15. The summed E-state index contributed by atoms with van der Waals surface area (Å²) >= 11 is 0. The minimum absolute atomic E-state index is 0.0411. The van der Waals surface area contributed by atoms with E-state index in [1.54, 1.807) is 0 Å². The van der Waals surface area contributed by atoms with Gasteiger partial charge in [-0.05, 0) is 119 Å². The van der Waals surface area contributed by atoms with Crippen LogP contribution in [-0.2, 0) is 5.41 Å². The maximum atomic E-state index is 4.41. The third-order valence-corrected chi connectivity index (χ3v) is 9.77. The molecule has 0 radical (unpaired) electrons. The van der Waals surface area contributed by atoms with E-state index in [0.29, 0.717) is 0 Å². The number of allylic oxidation sites excluding steroid dienone is 3. The summed E-state index contributed by atoms with van der Waals surface area (Å²) in [6.45, 7) is 11.1. The molecule has 0 N–H and O–H groups in total. The van der Waals surface area contributed by atoms with Crippen molar-refractivity contribution in [3.05, 3.63) is 163 Å². The van der Waals surface area contributed by atoms with Gasteiger partial charge in [0.05, 0.1) is 0 Å². The number of hydrogen-bond donors (Lipinski definition) is 0. The highest BCUT2D eigenvalue weighted by atomic mass is 14.4. The van der Waals surface area contributed by atoms with E-state index < -0.39 is 0 Å². The molecule has 1 aliphatic rings. The molecular weight excluding hydrogens is 528 g/mol. The highest BCUT2D eigenvalue weighted by molar-refractivity contribution is 6.25. The summed E-state index contributed by atoms with van der Waals surface area (Å²) in [4.78, 5) is 0. The minimum atomic E-state index is -0.0411. The first-order chi connectivity index (χ1) is 21.4. The van der Waals surface area contributed by atoms with E-state index in [0.717, 1.165) is 5.57 Å². The Hall–Kier alpha value is -5.20. The van der Waals surface area contributed by atoms with Crippen molar-refractivity contribution in [2.45, 2.75) is 26.2 Å². The quantitative estimate of drug-likeness (QED) is 0.188. The lowest BCUT2D eigenvalue weighted by atomic mass is 9.81. The molecule has 0 heterocycles. The van der Waals surface area contributed by atoms with E-state index in [-0.39, 0.29) is 5.41 Å². The van der Waals surface area contributed by atoms with Crippen molar-refractivity contribution in [2.24, 2.45) is 0 Å². The van der Waals surface area contributed by atoms with Crippen molar-refractivity contribution in [3.63, 3.8) is 0 Å². The van der Waals surface area contributed by atoms with Gasteiger partial charge in [0, 0.05) is 5.41 Å². The average molecular weight is 563 g/mol. The Kier molecular flexibility index (Phi) is 5.96. The standard InChI is InChI=1S/C44H34/c1-5-42-28(2)35-22-20-34(27-43(35)44(42,3)4)32-15-11-13-30(25-32)29-12-10-14-31(24-29)33-21-23-40-38-18-7-6-16-36(38)37-17-8-9-19-39(37)41(40)26-33/h5-27H,2H2,1,3-4H3/b42-5+. The van der Waals surface area contributed by atoms with E-state index in [9.17, 15) is 0 Å². The molecule has 0 heteroatoms. The van der Waals surface area contributed by atoms with E-state index in [1.165, 1.54) is 82.4 Å². The Morgan fingerprint density at radius 2 is 0.886 bits per heavy atom. The highest BCUT2D eigenvalue weighted by Crippen LogP contribution is 2.50. The van der Waals surface area contributed by atoms with Crippen LogP contribution in [0.25, 0.3) is 71.3 Å². The van der Waals surface area contributed by atoms with Crippen LogP contribution >= 0.6 is 0 Å². The summed E-state index contributed by atoms with van der Waals surface area (Å²) in [5.74, 6) is 0. The molecule has 8 rings (SSSR count). The fourth-order valence-electron chi connectivity index (χ4n) is 7.55. The van der Waals surface area contributed by atoms with Gasteiger partial charge in [-0.3, -0.25) is 0 Å². The molecule has 0 saturated carbocycles. The van der Waals surface area contributed by atoms with Gasteiger partial charge in [-0.2, -0.15) is 0 Å². The monoisotopic (exact) mass is 562 g/mol. The van der Waals surface area contributed by atoms with Crippen LogP contribution in [-0.4, -0.2) is 0 Å². The van der Waals surface area contributed by atoms with Gasteiger partial charge in [-0.25, -0.2) is 0 Å². The number of benzene rings is 7. The van der Waals surface area contributed by atoms with E-state index >= 15 is 0 Å². The van der Waals surface area contributed by atoms with E-state index in [1.807, 2.05) is 0 Å². The molecule has 7 aromatic rings. The zero-order valence-electron chi connectivity index (χ0n) is 25.5. The molecule has 0 bridgehead atoms. The van der Waals surface area contributed by atoms with Crippen LogP contribution in [0.5, 0.6) is 0 Å². The van der Waals surface area contributed by atoms with Crippen molar-refractivity contribution in [1.82, 2.24) is 0 Å². The number of fused-ring (bicyclic) bond motifs is 7. The van der Waals surface area contributed by atoms with E-state index in [4.69, 9.17) is 0 Å². The lowest BCUT2D eigenvalue weighted by Gasteiger charge is -2.22. The van der Waals surface area contributed by atoms with Crippen LogP contribution in [0.2, 0.25) is 0 Å². The lowest BCUT2D eigenvalue weighted by molar-refractivity contribution is 0.660. The van der Waals surface area contributed by atoms with Crippen LogP contribution in [0, 0.1) is 0 Å². The zero-order chi connectivity index (χ0) is 30.0. The first-order valence-corrected chi connectivity index (χ1v) is 15.5. The average Bonchev–Trinajstić information content (AvgIpc) is 3.27. The van der Waals surface area contributed by atoms with Gasteiger partial charge in [-0.15, -0.1) is 0 Å². The first-order valence-electron chi connectivity index (χ1n) is 15.5. The predicted molar refractivity (Wildman–Crippen MR) is 191 cm³/mol. The molecule has 1 aliphatic carbocycles. The molecule has 0 atom stereocenters. The van der Waals surface area contributed by atoms with Gasteiger partial charge < -0.3 is 0 Å². The Morgan fingerprint density at radius 3 is 1.41 bits per heavy atom. The maximum absolute atomic E-state index is 4.41. The molecule has 7 aromatic carbocycles. The Bertz CT molecular complexity index is 2290. The SMILES string of the molecule is C=C1/C(=C\C)C(C)(C)c2cc(-c3cccc(-c4cccc(-c5ccc6c7ccccc7c7ccccc7c6c5)c4)c3)ccc21. The topological polar surface area (TPSA) is 0 Å². The fourth-order valence-corrected chi connectivity index (χ4v) is 7.55. The smallest absolute Gasteiger partial charge is 0.0155 e. The van der Waals surface area contributed by atoms with E-state index in [2.05, 4.69) is 167 Å². The third kappa shape index (κ3) is 3.98. The van der Waals surface area contributed by atoms with Gasteiger partial charge in [-0.1, -0.05) is 136 Å². The molecule has 0 unspecified atom stereocenters. The van der Waals surface area contributed by atoms with Crippen molar-refractivity contribution in [3.8, 4) is 33.4 Å². The maximum Gasteiger partial charge on any atom is 0.0155 e. The fraction of sp³-hybridized carbons (Fsp3) is 0.0909. The van der Waals surface area contributed by atoms with Crippen LogP contribution in [0.3, 0.4) is 0 Å². The van der Waals surface area contributed by atoms with Gasteiger partial charge in [0.2, 0.25) is 0 Å². The summed E-state index contributed by atoms with van der Waals surface area (Å²) in [6, 6.07) is 49.3. The number of hydrogen-bond acceptors (Lipinski definition) is 0. The largest absolute Gasteiger partial charge is 0.0909 e. The van der Waals surface area contributed by atoms with Crippen molar-refractivity contribution in [1.29, 1.82) is 0 Å². The Balaban J connectivity index is 1.21. The third-order valence-electron chi connectivity index (χ3n) is 9.77.